The van der Waals surface area contributed by atoms with Crippen molar-refractivity contribution in [2.75, 3.05) is 16.8 Å². The second-order valence-corrected chi connectivity index (χ2v) is 8.93. The van der Waals surface area contributed by atoms with Gasteiger partial charge >= 0.3 is 0 Å². The molecule has 0 radical (unpaired) electrons. The van der Waals surface area contributed by atoms with E-state index in [4.69, 9.17) is 16.0 Å². The standard InChI is InChI=1S/C20H16ClNO2S2/c21-16-7-2-1-6-15(16)17-8-9-18(24-17)19(23)22-14-5-3-4-13(12-14)20-25-10-11-26-20/h1-9,12,20H,10-11H2,(H,22,23). The van der Waals surface area contributed by atoms with Crippen LogP contribution in [0.25, 0.3) is 11.3 Å². The van der Waals surface area contributed by atoms with E-state index in [-0.39, 0.29) is 11.7 Å². The Balaban J connectivity index is 1.51. The van der Waals surface area contributed by atoms with Crippen molar-refractivity contribution < 1.29 is 9.21 Å². The highest BCUT2D eigenvalue weighted by molar-refractivity contribution is 8.19. The molecule has 132 valence electrons. The summed E-state index contributed by atoms with van der Waals surface area (Å²) in [5, 5.41) is 3.51. The van der Waals surface area contributed by atoms with Crippen LogP contribution in [0.15, 0.2) is 65.1 Å². The summed E-state index contributed by atoms with van der Waals surface area (Å²) in [5.74, 6) is 2.90. The lowest BCUT2D eigenvalue weighted by Crippen LogP contribution is -2.11. The van der Waals surface area contributed by atoms with Crippen molar-refractivity contribution >= 4 is 46.7 Å². The molecule has 0 spiro atoms. The first-order valence-corrected chi connectivity index (χ1v) is 10.7. The summed E-state index contributed by atoms with van der Waals surface area (Å²) in [6, 6.07) is 18.8. The van der Waals surface area contributed by atoms with Gasteiger partial charge in [-0.25, -0.2) is 0 Å². The van der Waals surface area contributed by atoms with Gasteiger partial charge in [-0.15, -0.1) is 23.5 Å². The molecule has 0 saturated carbocycles. The lowest BCUT2D eigenvalue weighted by Gasteiger charge is -2.10. The maximum atomic E-state index is 12.5. The zero-order chi connectivity index (χ0) is 17.9. The number of benzene rings is 2. The number of thioether (sulfide) groups is 2. The van der Waals surface area contributed by atoms with E-state index >= 15 is 0 Å². The summed E-state index contributed by atoms with van der Waals surface area (Å²) >= 11 is 10.1. The molecule has 0 aliphatic carbocycles. The monoisotopic (exact) mass is 401 g/mol. The minimum atomic E-state index is -0.271. The lowest BCUT2D eigenvalue weighted by molar-refractivity contribution is 0.0997. The van der Waals surface area contributed by atoms with Crippen LogP contribution in [0.3, 0.4) is 0 Å². The average Bonchev–Trinajstić information content (AvgIpc) is 3.35. The van der Waals surface area contributed by atoms with Gasteiger partial charge in [0.15, 0.2) is 5.76 Å². The third-order valence-corrected chi connectivity index (χ3v) is 7.44. The highest BCUT2D eigenvalue weighted by Gasteiger charge is 2.19. The molecule has 2 heterocycles. The van der Waals surface area contributed by atoms with E-state index in [9.17, 15) is 4.79 Å². The number of halogens is 1. The summed E-state index contributed by atoms with van der Waals surface area (Å²) in [6.45, 7) is 0. The molecular formula is C20H16ClNO2S2. The Morgan fingerprint density at radius 1 is 1.04 bits per heavy atom. The van der Waals surface area contributed by atoms with Crippen molar-refractivity contribution in [3.05, 3.63) is 77.0 Å². The predicted octanol–water partition coefficient (Wildman–Crippen LogP) is 6.33. The molecule has 0 bridgehead atoms. The molecule has 0 atom stereocenters. The van der Waals surface area contributed by atoms with Crippen LogP contribution in [0.1, 0.15) is 20.7 Å². The zero-order valence-corrected chi connectivity index (χ0v) is 16.2. The predicted molar refractivity (Wildman–Crippen MR) is 111 cm³/mol. The van der Waals surface area contributed by atoms with Crippen molar-refractivity contribution in [3.8, 4) is 11.3 Å². The third kappa shape index (κ3) is 3.80. The number of furan rings is 1. The third-order valence-electron chi connectivity index (χ3n) is 4.01. The number of amides is 1. The van der Waals surface area contributed by atoms with Crippen LogP contribution in [0.5, 0.6) is 0 Å². The van der Waals surface area contributed by atoms with E-state index in [1.165, 1.54) is 17.1 Å². The number of anilines is 1. The van der Waals surface area contributed by atoms with Crippen LogP contribution in [-0.4, -0.2) is 17.4 Å². The largest absolute Gasteiger partial charge is 0.451 e. The molecule has 1 aromatic heterocycles. The molecule has 0 unspecified atom stereocenters. The first-order chi connectivity index (χ1) is 12.7. The van der Waals surface area contributed by atoms with Crippen molar-refractivity contribution in [2.24, 2.45) is 0 Å². The maximum absolute atomic E-state index is 12.5. The Labute approximate surface area is 165 Å². The summed E-state index contributed by atoms with van der Waals surface area (Å²) in [7, 11) is 0. The highest BCUT2D eigenvalue weighted by atomic mass is 35.5. The quantitative estimate of drug-likeness (QED) is 0.554. The topological polar surface area (TPSA) is 42.2 Å². The fourth-order valence-electron chi connectivity index (χ4n) is 2.77. The lowest BCUT2D eigenvalue weighted by atomic mass is 10.2. The van der Waals surface area contributed by atoms with Gasteiger partial charge in [0.2, 0.25) is 0 Å². The molecule has 6 heteroatoms. The summed E-state index contributed by atoms with van der Waals surface area (Å²) in [6.07, 6.45) is 0. The van der Waals surface area contributed by atoms with Gasteiger partial charge in [0.25, 0.3) is 5.91 Å². The second-order valence-electron chi connectivity index (χ2n) is 5.80. The second kappa shape index (κ2) is 7.82. The summed E-state index contributed by atoms with van der Waals surface area (Å²) < 4.78 is 6.16. The number of carbonyl (C=O) groups excluding carboxylic acids is 1. The van der Waals surface area contributed by atoms with Crippen molar-refractivity contribution in [3.63, 3.8) is 0 Å². The fraction of sp³-hybridized carbons (Fsp3) is 0.150. The van der Waals surface area contributed by atoms with Crippen LogP contribution in [0.2, 0.25) is 5.02 Å². The van der Waals surface area contributed by atoms with E-state index < -0.39 is 0 Å². The van der Waals surface area contributed by atoms with Gasteiger partial charge in [-0.2, -0.15) is 0 Å². The molecule has 1 amide bonds. The molecule has 3 nitrogen and oxygen atoms in total. The van der Waals surface area contributed by atoms with Crippen LogP contribution in [0.4, 0.5) is 5.69 Å². The maximum Gasteiger partial charge on any atom is 0.291 e. The molecule has 2 aromatic carbocycles. The van der Waals surface area contributed by atoms with E-state index in [1.807, 2.05) is 59.9 Å². The van der Waals surface area contributed by atoms with Crippen molar-refractivity contribution in [1.82, 2.24) is 0 Å². The Bertz CT molecular complexity index is 935. The molecule has 3 aromatic rings. The molecule has 1 aliphatic heterocycles. The molecule has 1 aliphatic rings. The van der Waals surface area contributed by atoms with Crippen molar-refractivity contribution in [1.29, 1.82) is 0 Å². The SMILES string of the molecule is O=C(Nc1cccc(C2SCCS2)c1)c1ccc(-c2ccccc2Cl)o1. The molecule has 1 N–H and O–H groups in total. The van der Waals surface area contributed by atoms with Gasteiger partial charge in [-0.05, 0) is 42.0 Å². The minimum absolute atomic E-state index is 0.259. The number of carbonyl (C=O) groups is 1. The Kier molecular flexibility index (Phi) is 5.29. The Morgan fingerprint density at radius 2 is 1.85 bits per heavy atom. The first-order valence-electron chi connectivity index (χ1n) is 8.20. The van der Waals surface area contributed by atoms with E-state index in [2.05, 4.69) is 11.4 Å². The van der Waals surface area contributed by atoms with Gasteiger partial charge in [0.05, 0.1) is 9.60 Å². The minimum Gasteiger partial charge on any atom is -0.451 e. The van der Waals surface area contributed by atoms with E-state index in [1.54, 1.807) is 18.2 Å². The molecule has 4 rings (SSSR count). The molecule has 1 fully saturated rings. The number of hydrogen-bond donors (Lipinski definition) is 1. The van der Waals surface area contributed by atoms with Crippen LogP contribution < -0.4 is 5.32 Å². The number of nitrogens with one attached hydrogen (secondary N) is 1. The van der Waals surface area contributed by atoms with Gasteiger partial charge < -0.3 is 9.73 Å². The summed E-state index contributed by atoms with van der Waals surface area (Å²) in [5.41, 5.74) is 2.77. The summed E-state index contributed by atoms with van der Waals surface area (Å²) in [4.78, 5) is 12.5. The zero-order valence-electron chi connectivity index (χ0n) is 13.8. The van der Waals surface area contributed by atoms with E-state index in [0.717, 1.165) is 11.3 Å². The Hall–Kier alpha value is -1.82. The van der Waals surface area contributed by atoms with E-state index in [0.29, 0.717) is 15.4 Å². The number of hydrogen-bond acceptors (Lipinski definition) is 4. The van der Waals surface area contributed by atoms with Crippen molar-refractivity contribution in [2.45, 2.75) is 4.58 Å². The van der Waals surface area contributed by atoms with Gasteiger partial charge in [-0.1, -0.05) is 35.9 Å². The average molecular weight is 402 g/mol. The van der Waals surface area contributed by atoms with Crippen LogP contribution in [0, 0.1) is 0 Å². The van der Waals surface area contributed by atoms with Gasteiger partial charge in [0.1, 0.15) is 5.76 Å². The molecule has 1 saturated heterocycles. The fourth-order valence-corrected chi connectivity index (χ4v) is 5.84. The smallest absolute Gasteiger partial charge is 0.291 e. The number of rotatable bonds is 4. The highest BCUT2D eigenvalue weighted by Crippen LogP contribution is 2.45. The molecule has 26 heavy (non-hydrogen) atoms. The molecular weight excluding hydrogens is 386 g/mol. The van der Waals surface area contributed by atoms with Gasteiger partial charge in [-0.3, -0.25) is 4.79 Å². The first kappa shape index (κ1) is 17.6. The normalized spacial score (nSPS) is 14.5. The van der Waals surface area contributed by atoms with Crippen LogP contribution >= 0.6 is 35.1 Å². The van der Waals surface area contributed by atoms with Gasteiger partial charge in [0, 0.05) is 22.8 Å². The van der Waals surface area contributed by atoms with Crippen LogP contribution in [-0.2, 0) is 0 Å². The Morgan fingerprint density at radius 3 is 2.65 bits per heavy atom.